The van der Waals surface area contributed by atoms with E-state index in [-0.39, 0.29) is 0 Å². The smallest absolute Gasteiger partial charge is 0.187 e. The molecule has 0 aliphatic heterocycles. The van der Waals surface area contributed by atoms with E-state index in [4.69, 9.17) is 11.6 Å². The normalized spacial score (nSPS) is 10.3. The summed E-state index contributed by atoms with van der Waals surface area (Å²) in [6, 6.07) is 5.95. The van der Waals surface area contributed by atoms with Gasteiger partial charge in [-0.05, 0) is 40.8 Å². The molecule has 78 valence electrons. The minimum atomic E-state index is 0.399. The van der Waals surface area contributed by atoms with Gasteiger partial charge < -0.3 is 5.32 Å². The molecule has 7 heteroatoms. The maximum atomic E-state index is 5.84. The van der Waals surface area contributed by atoms with Gasteiger partial charge in [0.2, 0.25) is 0 Å². The number of hydrogen-bond acceptors (Lipinski definition) is 4. The minimum absolute atomic E-state index is 0.399. The standard InChI is InChI=1S/C8H4BrClIN3S/c9-4-1-2-5(11)6(3-4)12-8-7(10)13-15-14-8/h1-3H,(H,12,14). The first-order chi connectivity index (χ1) is 7.16. The van der Waals surface area contributed by atoms with E-state index in [1.165, 1.54) is 0 Å². The number of nitrogens with one attached hydrogen (secondary N) is 1. The van der Waals surface area contributed by atoms with Crippen molar-refractivity contribution >= 4 is 73.4 Å². The van der Waals surface area contributed by atoms with Crippen LogP contribution in [0.4, 0.5) is 11.5 Å². The summed E-state index contributed by atoms with van der Waals surface area (Å²) in [5.74, 6) is 0.595. The van der Waals surface area contributed by atoms with Crippen molar-refractivity contribution in [2.24, 2.45) is 0 Å². The first-order valence-corrected chi connectivity index (χ1v) is 6.85. The van der Waals surface area contributed by atoms with Crippen LogP contribution in [0.1, 0.15) is 0 Å². The summed E-state index contributed by atoms with van der Waals surface area (Å²) >= 11 is 12.6. The van der Waals surface area contributed by atoms with Crippen molar-refractivity contribution in [3.05, 3.63) is 31.4 Å². The van der Waals surface area contributed by atoms with E-state index >= 15 is 0 Å². The number of aromatic nitrogens is 2. The van der Waals surface area contributed by atoms with Gasteiger partial charge in [0.15, 0.2) is 11.0 Å². The number of anilines is 2. The van der Waals surface area contributed by atoms with Crippen LogP contribution >= 0.6 is 61.8 Å². The topological polar surface area (TPSA) is 37.8 Å². The summed E-state index contributed by atoms with van der Waals surface area (Å²) in [5, 5.41) is 3.53. The molecule has 0 aliphatic carbocycles. The molecular weight excluding hydrogens is 412 g/mol. The molecule has 3 nitrogen and oxygen atoms in total. The average molecular weight is 416 g/mol. The Labute approximate surface area is 118 Å². The largest absolute Gasteiger partial charge is 0.336 e. The third-order valence-electron chi connectivity index (χ3n) is 1.63. The molecule has 0 amide bonds. The molecule has 0 fully saturated rings. The summed E-state index contributed by atoms with van der Waals surface area (Å²) in [4.78, 5) is 0. The molecule has 0 saturated heterocycles. The van der Waals surface area contributed by atoms with E-state index in [1.807, 2.05) is 18.2 Å². The van der Waals surface area contributed by atoms with Gasteiger partial charge in [-0.1, -0.05) is 27.5 Å². The molecule has 1 aromatic carbocycles. The van der Waals surface area contributed by atoms with E-state index in [0.717, 1.165) is 25.5 Å². The molecule has 0 radical (unpaired) electrons. The minimum Gasteiger partial charge on any atom is -0.336 e. The fourth-order valence-corrected chi connectivity index (χ4v) is 2.45. The lowest BCUT2D eigenvalue weighted by Gasteiger charge is -2.06. The second-order valence-corrected chi connectivity index (χ2v) is 5.62. The van der Waals surface area contributed by atoms with Gasteiger partial charge in [-0.3, -0.25) is 0 Å². The Hall–Kier alpha value is 0.0800. The van der Waals surface area contributed by atoms with Crippen molar-refractivity contribution in [2.45, 2.75) is 0 Å². The van der Waals surface area contributed by atoms with Crippen LogP contribution in [0.5, 0.6) is 0 Å². The van der Waals surface area contributed by atoms with Crippen LogP contribution in [0.25, 0.3) is 0 Å². The molecule has 0 bridgehead atoms. The monoisotopic (exact) mass is 415 g/mol. The molecule has 0 saturated carbocycles. The van der Waals surface area contributed by atoms with E-state index < -0.39 is 0 Å². The fraction of sp³-hybridized carbons (Fsp3) is 0. The van der Waals surface area contributed by atoms with E-state index in [0.29, 0.717) is 11.0 Å². The number of hydrogen-bond donors (Lipinski definition) is 1. The SMILES string of the molecule is Clc1nsnc1Nc1cc(Br)ccc1I. The Bertz CT molecular complexity index is 490. The summed E-state index contributed by atoms with van der Waals surface area (Å²) in [7, 11) is 0. The van der Waals surface area contributed by atoms with Crippen molar-refractivity contribution in [1.29, 1.82) is 0 Å². The van der Waals surface area contributed by atoms with Crippen LogP contribution in [-0.2, 0) is 0 Å². The predicted octanol–water partition coefficient (Wildman–Crippen LogP) is 4.30. The zero-order valence-electron chi connectivity index (χ0n) is 7.17. The average Bonchev–Trinajstić information content (AvgIpc) is 2.58. The van der Waals surface area contributed by atoms with Gasteiger partial charge in [0.05, 0.1) is 17.4 Å². The van der Waals surface area contributed by atoms with Crippen molar-refractivity contribution < 1.29 is 0 Å². The lowest BCUT2D eigenvalue weighted by atomic mass is 10.3. The molecular formula is C8H4BrClIN3S. The molecule has 1 aromatic heterocycles. The van der Waals surface area contributed by atoms with Crippen LogP contribution in [0.2, 0.25) is 5.15 Å². The van der Waals surface area contributed by atoms with Gasteiger partial charge in [-0.25, -0.2) is 0 Å². The Morgan fingerprint density at radius 1 is 1.40 bits per heavy atom. The summed E-state index contributed by atoms with van der Waals surface area (Å²) in [6.07, 6.45) is 0. The van der Waals surface area contributed by atoms with Crippen molar-refractivity contribution in [3.63, 3.8) is 0 Å². The Morgan fingerprint density at radius 3 is 2.87 bits per heavy atom. The molecule has 0 atom stereocenters. The van der Waals surface area contributed by atoms with Crippen molar-refractivity contribution in [1.82, 2.24) is 8.75 Å². The molecule has 2 rings (SSSR count). The molecule has 1 heterocycles. The molecule has 0 spiro atoms. The van der Waals surface area contributed by atoms with Crippen molar-refractivity contribution in [3.8, 4) is 0 Å². The molecule has 0 unspecified atom stereocenters. The number of halogens is 3. The van der Waals surface area contributed by atoms with Gasteiger partial charge in [0.1, 0.15) is 0 Å². The molecule has 0 aliphatic rings. The van der Waals surface area contributed by atoms with Crippen molar-refractivity contribution in [2.75, 3.05) is 5.32 Å². The van der Waals surface area contributed by atoms with Gasteiger partial charge in [0, 0.05) is 8.04 Å². The second kappa shape index (κ2) is 4.94. The van der Waals surface area contributed by atoms with Gasteiger partial charge >= 0.3 is 0 Å². The van der Waals surface area contributed by atoms with Crippen LogP contribution in [0, 0.1) is 3.57 Å². The number of nitrogens with zero attached hydrogens (tertiary/aromatic N) is 2. The van der Waals surface area contributed by atoms with E-state index in [1.54, 1.807) is 0 Å². The van der Waals surface area contributed by atoms with Gasteiger partial charge in [0.25, 0.3) is 0 Å². The predicted molar refractivity (Wildman–Crippen MR) is 75.1 cm³/mol. The second-order valence-electron chi connectivity index (χ2n) is 2.65. The summed E-state index contributed by atoms with van der Waals surface area (Å²) in [6.45, 7) is 0. The third-order valence-corrected chi connectivity index (χ3v) is 3.96. The van der Waals surface area contributed by atoms with Crippen LogP contribution < -0.4 is 5.32 Å². The first kappa shape index (κ1) is 11.6. The maximum absolute atomic E-state index is 5.84. The highest BCUT2D eigenvalue weighted by atomic mass is 127. The summed E-state index contributed by atoms with van der Waals surface area (Å²) < 4.78 is 10.0. The van der Waals surface area contributed by atoms with Crippen LogP contribution in [-0.4, -0.2) is 8.75 Å². The maximum Gasteiger partial charge on any atom is 0.187 e. The van der Waals surface area contributed by atoms with Gasteiger partial charge in [-0.15, -0.1) is 0 Å². The van der Waals surface area contributed by atoms with Gasteiger partial charge in [-0.2, -0.15) is 8.75 Å². The highest BCUT2D eigenvalue weighted by molar-refractivity contribution is 14.1. The molecule has 15 heavy (non-hydrogen) atoms. The lowest BCUT2D eigenvalue weighted by Crippen LogP contribution is -1.93. The number of rotatable bonds is 2. The Balaban J connectivity index is 2.32. The van der Waals surface area contributed by atoms with E-state index in [2.05, 4.69) is 52.6 Å². The Kier molecular flexibility index (Phi) is 3.81. The highest BCUT2D eigenvalue weighted by Gasteiger charge is 2.07. The lowest BCUT2D eigenvalue weighted by molar-refractivity contribution is 1.43. The fourth-order valence-electron chi connectivity index (χ4n) is 0.973. The van der Waals surface area contributed by atoms with Crippen LogP contribution in [0.3, 0.4) is 0 Å². The molecule has 1 N–H and O–H groups in total. The quantitative estimate of drug-likeness (QED) is 0.742. The highest BCUT2D eigenvalue weighted by Crippen LogP contribution is 2.28. The number of benzene rings is 1. The van der Waals surface area contributed by atoms with Crippen LogP contribution in [0.15, 0.2) is 22.7 Å². The third kappa shape index (κ3) is 2.80. The molecule has 2 aromatic rings. The zero-order chi connectivity index (χ0) is 10.8. The van der Waals surface area contributed by atoms with E-state index in [9.17, 15) is 0 Å². The zero-order valence-corrected chi connectivity index (χ0v) is 12.5. The first-order valence-electron chi connectivity index (χ1n) is 3.87. The summed E-state index contributed by atoms with van der Waals surface area (Å²) in [5.41, 5.74) is 0.958. The Morgan fingerprint density at radius 2 is 2.20 bits per heavy atom.